The van der Waals surface area contributed by atoms with Crippen molar-refractivity contribution in [1.82, 2.24) is 4.31 Å². The number of aliphatic hydroxyl groups excluding tert-OH is 1. The van der Waals surface area contributed by atoms with E-state index < -0.39 is 16.1 Å². The van der Waals surface area contributed by atoms with Gasteiger partial charge in [0.2, 0.25) is 10.0 Å². The molecule has 1 N–H and O–H groups in total. The van der Waals surface area contributed by atoms with E-state index in [1.807, 2.05) is 0 Å². The van der Waals surface area contributed by atoms with Crippen molar-refractivity contribution in [2.24, 2.45) is 0 Å². The van der Waals surface area contributed by atoms with E-state index in [0.29, 0.717) is 6.54 Å². The summed E-state index contributed by atoms with van der Waals surface area (Å²) in [7, 11) is -3.07. The van der Waals surface area contributed by atoms with Crippen LogP contribution in [0.1, 0.15) is 32.1 Å². The highest BCUT2D eigenvalue weighted by Gasteiger charge is 2.38. The van der Waals surface area contributed by atoms with Crippen LogP contribution in [0, 0.1) is 0 Å². The summed E-state index contributed by atoms with van der Waals surface area (Å²) in [5, 5.41) is 9.67. The average Bonchev–Trinajstić information content (AvgIpc) is 2.51. The molecule has 2 fully saturated rings. The molecule has 0 radical (unpaired) electrons. The van der Waals surface area contributed by atoms with Crippen molar-refractivity contribution in [3.05, 3.63) is 0 Å². The maximum absolute atomic E-state index is 11.7. The van der Waals surface area contributed by atoms with Crippen LogP contribution in [0.2, 0.25) is 0 Å². The molecule has 5 heteroatoms. The summed E-state index contributed by atoms with van der Waals surface area (Å²) in [4.78, 5) is 0. The van der Waals surface area contributed by atoms with Gasteiger partial charge < -0.3 is 5.11 Å². The number of nitrogens with zero attached hydrogens (tertiary/aromatic N) is 1. The van der Waals surface area contributed by atoms with E-state index in [4.69, 9.17) is 0 Å². The lowest BCUT2D eigenvalue weighted by molar-refractivity contribution is 0.110. The van der Waals surface area contributed by atoms with Gasteiger partial charge >= 0.3 is 0 Å². The zero-order valence-corrected chi connectivity index (χ0v) is 9.04. The van der Waals surface area contributed by atoms with Gasteiger partial charge in [0.05, 0.1) is 17.9 Å². The molecule has 14 heavy (non-hydrogen) atoms. The summed E-state index contributed by atoms with van der Waals surface area (Å²) in [5.41, 5.74) is 0. The molecular weight excluding hydrogens is 202 g/mol. The van der Waals surface area contributed by atoms with Crippen molar-refractivity contribution in [2.45, 2.75) is 44.2 Å². The Kier molecular flexibility index (Phi) is 2.81. The Labute approximate surface area is 85.0 Å². The Morgan fingerprint density at radius 3 is 2.50 bits per heavy atom. The molecule has 1 heterocycles. The summed E-state index contributed by atoms with van der Waals surface area (Å²) in [6, 6.07) is -0.139. The first-order valence-corrected chi connectivity index (χ1v) is 6.90. The molecule has 2 rings (SSSR count). The molecule has 1 aliphatic carbocycles. The number of rotatable bonds is 1. The molecule has 4 nitrogen and oxygen atoms in total. The van der Waals surface area contributed by atoms with Gasteiger partial charge in [-0.1, -0.05) is 0 Å². The lowest BCUT2D eigenvalue weighted by atomic mass is 10.2. The van der Waals surface area contributed by atoms with Crippen molar-refractivity contribution in [1.29, 1.82) is 0 Å². The van der Waals surface area contributed by atoms with Gasteiger partial charge in [-0.3, -0.25) is 0 Å². The van der Waals surface area contributed by atoms with E-state index in [-0.39, 0.29) is 11.8 Å². The number of hydrogen-bond donors (Lipinski definition) is 1. The van der Waals surface area contributed by atoms with Crippen LogP contribution < -0.4 is 0 Å². The van der Waals surface area contributed by atoms with Crippen LogP contribution in [0.4, 0.5) is 0 Å². The van der Waals surface area contributed by atoms with Crippen molar-refractivity contribution in [3.63, 3.8) is 0 Å². The quantitative estimate of drug-likeness (QED) is 0.691. The topological polar surface area (TPSA) is 57.6 Å². The monoisotopic (exact) mass is 219 g/mol. The number of sulfonamides is 1. The average molecular weight is 219 g/mol. The normalized spacial score (nSPS) is 38.6. The lowest BCUT2D eigenvalue weighted by Crippen LogP contribution is -2.47. The molecule has 1 aliphatic heterocycles. The van der Waals surface area contributed by atoms with Crippen LogP contribution in [0.5, 0.6) is 0 Å². The molecule has 0 aromatic heterocycles. The zero-order valence-electron chi connectivity index (χ0n) is 8.22. The van der Waals surface area contributed by atoms with Gasteiger partial charge in [0.15, 0.2) is 0 Å². The van der Waals surface area contributed by atoms with E-state index in [2.05, 4.69) is 0 Å². The molecule has 0 aromatic rings. The Morgan fingerprint density at radius 1 is 1.14 bits per heavy atom. The Balaban J connectivity index is 2.15. The first-order valence-electron chi connectivity index (χ1n) is 5.29. The van der Waals surface area contributed by atoms with Gasteiger partial charge in [-0.15, -0.1) is 0 Å². The van der Waals surface area contributed by atoms with Gasteiger partial charge in [-0.25, -0.2) is 8.42 Å². The van der Waals surface area contributed by atoms with Gasteiger partial charge in [0, 0.05) is 6.54 Å². The molecule has 0 spiro atoms. The fourth-order valence-corrected chi connectivity index (χ4v) is 4.31. The molecule has 1 saturated carbocycles. The molecule has 0 aromatic carbocycles. The Hall–Kier alpha value is -0.130. The highest BCUT2D eigenvalue weighted by atomic mass is 32.2. The third-order valence-corrected chi connectivity index (χ3v) is 5.17. The van der Waals surface area contributed by atoms with E-state index in [1.54, 1.807) is 0 Å². The van der Waals surface area contributed by atoms with Crippen LogP contribution in [0.15, 0.2) is 0 Å². The fourth-order valence-electron chi connectivity index (χ4n) is 2.44. The van der Waals surface area contributed by atoms with Gasteiger partial charge in [-0.05, 0) is 32.1 Å². The standard InChI is InChI=1S/C9H17NO3S/c11-9-5-3-4-8(9)10-6-1-2-7-14(10,12)13/h8-9,11H,1-7H2. The van der Waals surface area contributed by atoms with E-state index in [9.17, 15) is 13.5 Å². The molecule has 0 bridgehead atoms. The van der Waals surface area contributed by atoms with Gasteiger partial charge in [-0.2, -0.15) is 4.31 Å². The van der Waals surface area contributed by atoms with E-state index >= 15 is 0 Å². The second-order valence-electron chi connectivity index (χ2n) is 4.20. The SMILES string of the molecule is O=S1(=O)CCCCN1C1CCCC1O. The van der Waals surface area contributed by atoms with Crippen LogP contribution in [-0.2, 0) is 10.0 Å². The summed E-state index contributed by atoms with van der Waals surface area (Å²) >= 11 is 0. The summed E-state index contributed by atoms with van der Waals surface area (Å²) < 4.78 is 25.0. The molecular formula is C9H17NO3S. The van der Waals surface area contributed by atoms with Crippen molar-refractivity contribution in [2.75, 3.05) is 12.3 Å². The summed E-state index contributed by atoms with van der Waals surface area (Å²) in [6.07, 6.45) is 3.77. The summed E-state index contributed by atoms with van der Waals surface area (Å²) in [5.74, 6) is 0.260. The minimum Gasteiger partial charge on any atom is -0.391 e. The molecule has 82 valence electrons. The van der Waals surface area contributed by atoms with E-state index in [1.165, 1.54) is 4.31 Å². The lowest BCUT2D eigenvalue weighted by Gasteiger charge is -2.33. The smallest absolute Gasteiger partial charge is 0.214 e. The first kappa shape index (κ1) is 10.4. The van der Waals surface area contributed by atoms with Gasteiger partial charge in [0.1, 0.15) is 0 Å². The third kappa shape index (κ3) is 1.81. The molecule has 2 unspecified atom stereocenters. The van der Waals surface area contributed by atoms with Crippen LogP contribution in [0.3, 0.4) is 0 Å². The highest BCUT2D eigenvalue weighted by Crippen LogP contribution is 2.28. The van der Waals surface area contributed by atoms with E-state index in [0.717, 1.165) is 32.1 Å². The zero-order chi connectivity index (χ0) is 10.2. The number of hydrogen-bond acceptors (Lipinski definition) is 3. The predicted octanol–water partition coefficient (Wildman–Crippen LogP) is 0.325. The molecule has 2 aliphatic rings. The maximum Gasteiger partial charge on any atom is 0.214 e. The number of aliphatic hydroxyl groups is 1. The molecule has 2 atom stereocenters. The van der Waals surface area contributed by atoms with Crippen molar-refractivity contribution in [3.8, 4) is 0 Å². The van der Waals surface area contributed by atoms with Crippen LogP contribution in [-0.4, -0.2) is 42.3 Å². The van der Waals surface area contributed by atoms with Gasteiger partial charge in [0.25, 0.3) is 0 Å². The second-order valence-corrected chi connectivity index (χ2v) is 6.24. The van der Waals surface area contributed by atoms with Crippen molar-refractivity contribution < 1.29 is 13.5 Å². The predicted molar refractivity (Wildman–Crippen MR) is 53.4 cm³/mol. The minimum atomic E-state index is -3.07. The fraction of sp³-hybridized carbons (Fsp3) is 1.00. The summed E-state index contributed by atoms with van der Waals surface area (Å²) in [6.45, 7) is 0.601. The maximum atomic E-state index is 11.7. The van der Waals surface area contributed by atoms with Crippen LogP contribution >= 0.6 is 0 Å². The van der Waals surface area contributed by atoms with Crippen LogP contribution in [0.25, 0.3) is 0 Å². The Morgan fingerprint density at radius 2 is 1.93 bits per heavy atom. The third-order valence-electron chi connectivity index (χ3n) is 3.20. The highest BCUT2D eigenvalue weighted by molar-refractivity contribution is 7.89. The largest absolute Gasteiger partial charge is 0.391 e. The molecule has 1 saturated heterocycles. The Bertz CT molecular complexity index is 301. The molecule has 0 amide bonds. The van der Waals surface area contributed by atoms with Crippen molar-refractivity contribution >= 4 is 10.0 Å². The minimum absolute atomic E-state index is 0.139. The first-order chi connectivity index (χ1) is 6.61. The second kappa shape index (κ2) is 3.79.